The summed E-state index contributed by atoms with van der Waals surface area (Å²) in [6.07, 6.45) is -2.31. The van der Waals surface area contributed by atoms with E-state index in [2.05, 4.69) is 24.6 Å². The van der Waals surface area contributed by atoms with Crippen molar-refractivity contribution in [3.05, 3.63) is 78.4 Å². The molecular formula is C32H36F3N5O6S. The highest BCUT2D eigenvalue weighted by atomic mass is 32.2. The number of halogens is 3. The Bertz CT molecular complexity index is 1620. The van der Waals surface area contributed by atoms with Gasteiger partial charge in [0.25, 0.3) is 15.9 Å². The normalized spacial score (nSPS) is 16.1. The van der Waals surface area contributed by atoms with Crippen LogP contribution in [0.1, 0.15) is 23.2 Å². The fraction of sp³-hybridized carbons (Fsp3) is 0.375. The molecule has 11 nitrogen and oxygen atoms in total. The lowest BCUT2D eigenvalue weighted by Crippen LogP contribution is -2.52. The number of carbonyl (C=O) groups is 2. The lowest BCUT2D eigenvalue weighted by Gasteiger charge is -2.35. The molecule has 2 N–H and O–H groups in total. The Labute approximate surface area is 271 Å². The number of likely N-dealkylation sites (tertiary alicyclic amines) is 1. The first-order valence-electron chi connectivity index (χ1n) is 15.2. The van der Waals surface area contributed by atoms with Crippen LogP contribution in [0, 0.1) is 0 Å². The van der Waals surface area contributed by atoms with Gasteiger partial charge in [-0.05, 0) is 86.6 Å². The number of alkyl halides is 3. The average Bonchev–Trinajstić information content (AvgIpc) is 3.58. The number of nitrogens with zero attached hydrogens (tertiary/aromatic N) is 3. The second-order valence-electron chi connectivity index (χ2n) is 11.2. The summed E-state index contributed by atoms with van der Waals surface area (Å²) in [7, 11) is -4.13. The Morgan fingerprint density at radius 3 is 2.00 bits per heavy atom. The molecule has 2 amide bonds. The molecule has 2 saturated heterocycles. The zero-order valence-corrected chi connectivity index (χ0v) is 26.4. The Morgan fingerprint density at radius 2 is 1.36 bits per heavy atom. The van der Waals surface area contributed by atoms with Crippen molar-refractivity contribution in [2.45, 2.75) is 24.1 Å². The maximum absolute atomic E-state index is 13.1. The first-order valence-corrected chi connectivity index (χ1v) is 16.7. The standard InChI is InChI=1S/C32H36F3N5O6S/c33-32(34,35)46-26-11-9-25(10-12-26)45-29-6-2-1-5-28(29)37-47(43,44)27-13-7-24(8-14-27)31(42)36-23-30(41)40-21-19-39(20-22-40)18-17-38-15-3-4-16-38/h1-2,5-14,37H,3-4,15-23H2,(H,36,42). The van der Waals surface area contributed by atoms with E-state index in [-0.39, 0.29) is 40.1 Å². The minimum atomic E-state index is -4.84. The molecule has 2 aliphatic rings. The van der Waals surface area contributed by atoms with Gasteiger partial charge in [0.05, 0.1) is 17.1 Å². The highest BCUT2D eigenvalue weighted by Crippen LogP contribution is 2.32. The van der Waals surface area contributed by atoms with Crippen molar-refractivity contribution in [1.29, 1.82) is 0 Å². The van der Waals surface area contributed by atoms with Gasteiger partial charge in [0.15, 0.2) is 5.75 Å². The molecule has 0 bridgehead atoms. The van der Waals surface area contributed by atoms with Gasteiger partial charge < -0.3 is 24.6 Å². The Morgan fingerprint density at radius 1 is 0.766 bits per heavy atom. The van der Waals surface area contributed by atoms with Crippen molar-refractivity contribution in [3.8, 4) is 17.2 Å². The van der Waals surface area contributed by atoms with E-state index in [9.17, 15) is 31.2 Å². The fourth-order valence-electron chi connectivity index (χ4n) is 5.35. The number of hydrogen-bond acceptors (Lipinski definition) is 8. The number of anilines is 1. The van der Waals surface area contributed by atoms with Crippen LogP contribution in [-0.2, 0) is 14.8 Å². The predicted octanol–water partition coefficient (Wildman–Crippen LogP) is 4.15. The van der Waals surface area contributed by atoms with Gasteiger partial charge in [0, 0.05) is 44.8 Å². The molecule has 2 aliphatic heterocycles. The minimum absolute atomic E-state index is 0.0795. The number of carbonyl (C=O) groups excluding carboxylic acids is 2. The van der Waals surface area contributed by atoms with E-state index in [0.717, 1.165) is 51.4 Å². The van der Waals surface area contributed by atoms with Gasteiger partial charge in [0.1, 0.15) is 11.5 Å². The van der Waals surface area contributed by atoms with E-state index < -0.39 is 28.0 Å². The van der Waals surface area contributed by atoms with Crippen molar-refractivity contribution < 1.29 is 40.7 Å². The number of piperazine rings is 1. The Hall–Kier alpha value is -4.34. The molecule has 252 valence electrons. The SMILES string of the molecule is O=C(NCC(=O)N1CCN(CCN2CCCC2)CC1)c1ccc(S(=O)(=O)Nc2ccccc2Oc2ccc(OC(F)(F)F)cc2)cc1. The third kappa shape index (κ3) is 9.83. The van der Waals surface area contributed by atoms with Crippen LogP contribution in [0.3, 0.4) is 0 Å². The van der Waals surface area contributed by atoms with Gasteiger partial charge >= 0.3 is 6.36 Å². The van der Waals surface area contributed by atoms with Crippen molar-refractivity contribution in [3.63, 3.8) is 0 Å². The number of sulfonamides is 1. The molecule has 0 atom stereocenters. The van der Waals surface area contributed by atoms with Crippen molar-refractivity contribution in [1.82, 2.24) is 20.0 Å². The van der Waals surface area contributed by atoms with Crippen molar-refractivity contribution in [2.75, 3.05) is 63.6 Å². The molecule has 0 aliphatic carbocycles. The van der Waals surface area contributed by atoms with Crippen LogP contribution in [-0.4, -0.2) is 100 Å². The average molecular weight is 676 g/mol. The number of amides is 2. The quantitative estimate of drug-likeness (QED) is 0.294. The minimum Gasteiger partial charge on any atom is -0.455 e. The molecule has 3 aromatic rings. The smallest absolute Gasteiger partial charge is 0.455 e. The maximum Gasteiger partial charge on any atom is 0.573 e. The summed E-state index contributed by atoms with van der Waals surface area (Å²) in [4.78, 5) is 31.9. The van der Waals surface area contributed by atoms with E-state index in [1.54, 1.807) is 17.0 Å². The zero-order chi connectivity index (χ0) is 33.4. The van der Waals surface area contributed by atoms with Crippen LogP contribution in [0.4, 0.5) is 18.9 Å². The summed E-state index contributed by atoms with van der Waals surface area (Å²) in [5.74, 6) is -0.864. The van der Waals surface area contributed by atoms with E-state index in [1.165, 1.54) is 61.4 Å². The van der Waals surface area contributed by atoms with Crippen molar-refractivity contribution in [2.24, 2.45) is 0 Å². The third-order valence-electron chi connectivity index (χ3n) is 7.90. The van der Waals surface area contributed by atoms with Gasteiger partial charge in [-0.1, -0.05) is 12.1 Å². The van der Waals surface area contributed by atoms with Crippen LogP contribution in [0.25, 0.3) is 0 Å². The second kappa shape index (κ2) is 15.0. The zero-order valence-electron chi connectivity index (χ0n) is 25.5. The van der Waals surface area contributed by atoms with Crippen LogP contribution >= 0.6 is 0 Å². The number of rotatable bonds is 12. The first-order chi connectivity index (χ1) is 22.4. The van der Waals surface area contributed by atoms with Gasteiger partial charge in [-0.25, -0.2) is 8.42 Å². The van der Waals surface area contributed by atoms with Gasteiger partial charge in [0.2, 0.25) is 5.91 Å². The molecule has 0 aromatic heterocycles. The summed E-state index contributed by atoms with van der Waals surface area (Å²) in [6, 6.07) is 16.0. The molecule has 2 fully saturated rings. The summed E-state index contributed by atoms with van der Waals surface area (Å²) >= 11 is 0. The largest absolute Gasteiger partial charge is 0.573 e. The number of para-hydroxylation sites is 2. The number of benzene rings is 3. The monoisotopic (exact) mass is 675 g/mol. The fourth-order valence-corrected chi connectivity index (χ4v) is 6.42. The highest BCUT2D eigenvalue weighted by molar-refractivity contribution is 7.92. The lowest BCUT2D eigenvalue weighted by molar-refractivity contribution is -0.274. The van der Waals surface area contributed by atoms with E-state index in [0.29, 0.717) is 13.1 Å². The summed E-state index contributed by atoms with van der Waals surface area (Å²) in [5, 5.41) is 2.62. The molecule has 5 rings (SSSR count). The number of hydrogen-bond donors (Lipinski definition) is 2. The Kier molecular flexibility index (Phi) is 10.9. The van der Waals surface area contributed by atoms with Gasteiger partial charge in [-0.15, -0.1) is 13.2 Å². The van der Waals surface area contributed by atoms with Gasteiger partial charge in [-0.3, -0.25) is 19.2 Å². The number of ether oxygens (including phenoxy) is 2. The van der Waals surface area contributed by atoms with Crippen LogP contribution in [0.2, 0.25) is 0 Å². The van der Waals surface area contributed by atoms with E-state index >= 15 is 0 Å². The number of nitrogens with one attached hydrogen (secondary N) is 2. The Balaban J connectivity index is 1.11. The second-order valence-corrected chi connectivity index (χ2v) is 12.9. The van der Waals surface area contributed by atoms with Crippen LogP contribution in [0.15, 0.2) is 77.7 Å². The predicted molar refractivity (Wildman–Crippen MR) is 168 cm³/mol. The molecule has 47 heavy (non-hydrogen) atoms. The van der Waals surface area contributed by atoms with Crippen molar-refractivity contribution >= 4 is 27.5 Å². The highest BCUT2D eigenvalue weighted by Gasteiger charge is 2.31. The molecule has 0 saturated carbocycles. The third-order valence-corrected chi connectivity index (χ3v) is 9.28. The summed E-state index contributed by atoms with van der Waals surface area (Å²) in [6.45, 7) is 6.99. The molecule has 0 radical (unpaired) electrons. The van der Waals surface area contributed by atoms with Crippen LogP contribution in [0.5, 0.6) is 17.2 Å². The molecule has 0 spiro atoms. The molecule has 0 unspecified atom stereocenters. The molecule has 3 aromatic carbocycles. The van der Waals surface area contributed by atoms with E-state index in [4.69, 9.17) is 4.74 Å². The molecule has 15 heteroatoms. The lowest BCUT2D eigenvalue weighted by atomic mass is 10.2. The van der Waals surface area contributed by atoms with Crippen LogP contribution < -0.4 is 19.5 Å². The topological polar surface area (TPSA) is 121 Å². The molecular weight excluding hydrogens is 639 g/mol. The van der Waals surface area contributed by atoms with Gasteiger partial charge in [-0.2, -0.15) is 0 Å². The van der Waals surface area contributed by atoms with E-state index in [1.807, 2.05) is 0 Å². The first kappa shape index (κ1) is 34.0. The maximum atomic E-state index is 13.1. The summed E-state index contributed by atoms with van der Waals surface area (Å²) in [5.41, 5.74) is 0.265. The summed E-state index contributed by atoms with van der Waals surface area (Å²) < 4.78 is 75.6. The molecule has 2 heterocycles.